The Balaban J connectivity index is 2.18. The quantitative estimate of drug-likeness (QED) is 0.577. The molecule has 0 unspecified atom stereocenters. The normalized spacial score (nSPS) is 36.4. The lowest BCUT2D eigenvalue weighted by atomic mass is 9.94. The molecule has 0 radical (unpaired) electrons. The predicted octanol–water partition coefficient (Wildman–Crippen LogP) is 0.708. The first-order valence-electron chi connectivity index (χ1n) is 4.78. The number of carbonyl (C=O) groups is 1. The van der Waals surface area contributed by atoms with Crippen LogP contribution in [-0.2, 0) is 4.79 Å². The molecule has 0 saturated carbocycles. The highest BCUT2D eigenvalue weighted by atomic mass is 16.2. The number of carbonyl (C=O) groups excluding carboxylic acids is 1. The third kappa shape index (κ3) is 1.12. The Morgan fingerprint density at radius 3 is 3.08 bits per heavy atom. The van der Waals surface area contributed by atoms with Crippen molar-refractivity contribution in [3.8, 4) is 0 Å². The summed E-state index contributed by atoms with van der Waals surface area (Å²) >= 11 is 0. The summed E-state index contributed by atoms with van der Waals surface area (Å²) in [5, 5.41) is 3.43. The maximum Gasteiger partial charge on any atom is 0.224 e. The summed E-state index contributed by atoms with van der Waals surface area (Å²) in [5.41, 5.74) is -0.0203. The van der Waals surface area contributed by atoms with Crippen molar-refractivity contribution in [2.45, 2.75) is 38.3 Å². The van der Waals surface area contributed by atoms with Crippen LogP contribution >= 0.6 is 0 Å². The van der Waals surface area contributed by atoms with Crippen molar-refractivity contribution in [3.63, 3.8) is 0 Å². The summed E-state index contributed by atoms with van der Waals surface area (Å²) in [4.78, 5) is 13.5. The van der Waals surface area contributed by atoms with Gasteiger partial charge in [0.25, 0.3) is 0 Å². The van der Waals surface area contributed by atoms with Crippen molar-refractivity contribution in [3.05, 3.63) is 0 Å². The van der Waals surface area contributed by atoms with Crippen molar-refractivity contribution in [2.24, 2.45) is 0 Å². The third-order valence-corrected chi connectivity index (χ3v) is 3.02. The molecular weight excluding hydrogens is 152 g/mol. The SMILES string of the molecule is C[C@]12CCCC(=O)N1CCCN2. The fourth-order valence-corrected chi connectivity index (χ4v) is 2.28. The van der Waals surface area contributed by atoms with Gasteiger partial charge in [-0.15, -0.1) is 0 Å². The molecule has 2 aliphatic rings. The fourth-order valence-electron chi connectivity index (χ4n) is 2.28. The van der Waals surface area contributed by atoms with E-state index in [0.717, 1.165) is 38.8 Å². The first kappa shape index (κ1) is 8.05. The molecule has 12 heavy (non-hydrogen) atoms. The van der Waals surface area contributed by atoms with Gasteiger partial charge in [-0.05, 0) is 32.7 Å². The van der Waals surface area contributed by atoms with Gasteiger partial charge >= 0.3 is 0 Å². The number of piperidine rings is 1. The fraction of sp³-hybridized carbons (Fsp3) is 0.889. The molecule has 1 amide bonds. The molecule has 0 spiro atoms. The Hall–Kier alpha value is -0.570. The zero-order chi connectivity index (χ0) is 8.60. The van der Waals surface area contributed by atoms with Crippen molar-refractivity contribution in [1.82, 2.24) is 10.2 Å². The van der Waals surface area contributed by atoms with Gasteiger partial charge in [0.1, 0.15) is 0 Å². The molecular formula is C9H16N2O. The van der Waals surface area contributed by atoms with Gasteiger partial charge in [0.05, 0.1) is 5.66 Å². The van der Waals surface area contributed by atoms with E-state index in [-0.39, 0.29) is 5.66 Å². The number of nitrogens with one attached hydrogen (secondary N) is 1. The lowest BCUT2D eigenvalue weighted by molar-refractivity contribution is -0.145. The van der Waals surface area contributed by atoms with Crippen molar-refractivity contribution < 1.29 is 4.79 Å². The molecule has 2 heterocycles. The molecule has 0 aromatic carbocycles. The van der Waals surface area contributed by atoms with Gasteiger partial charge < -0.3 is 4.90 Å². The van der Waals surface area contributed by atoms with E-state index in [0.29, 0.717) is 5.91 Å². The highest BCUT2D eigenvalue weighted by molar-refractivity contribution is 5.77. The first-order chi connectivity index (χ1) is 5.72. The van der Waals surface area contributed by atoms with E-state index in [1.807, 2.05) is 4.90 Å². The second kappa shape index (κ2) is 2.73. The van der Waals surface area contributed by atoms with Crippen LogP contribution in [0.2, 0.25) is 0 Å². The van der Waals surface area contributed by atoms with E-state index in [1.54, 1.807) is 0 Å². The van der Waals surface area contributed by atoms with Gasteiger partial charge in [0.15, 0.2) is 0 Å². The summed E-state index contributed by atoms with van der Waals surface area (Å²) in [7, 11) is 0. The van der Waals surface area contributed by atoms with Gasteiger partial charge in [-0.1, -0.05) is 0 Å². The van der Waals surface area contributed by atoms with E-state index in [2.05, 4.69) is 12.2 Å². The van der Waals surface area contributed by atoms with Crippen LogP contribution < -0.4 is 5.32 Å². The number of rotatable bonds is 0. The summed E-state index contributed by atoms with van der Waals surface area (Å²) in [6.45, 7) is 4.14. The van der Waals surface area contributed by atoms with E-state index < -0.39 is 0 Å². The second-order valence-electron chi connectivity index (χ2n) is 3.95. The molecule has 0 aliphatic carbocycles. The third-order valence-electron chi connectivity index (χ3n) is 3.02. The lowest BCUT2D eigenvalue weighted by Crippen LogP contribution is -2.64. The van der Waals surface area contributed by atoms with Crippen LogP contribution in [0.1, 0.15) is 32.6 Å². The Morgan fingerprint density at radius 2 is 2.33 bits per heavy atom. The van der Waals surface area contributed by atoms with Gasteiger partial charge in [0, 0.05) is 13.0 Å². The Morgan fingerprint density at radius 1 is 1.50 bits per heavy atom. The van der Waals surface area contributed by atoms with Gasteiger partial charge in [-0.2, -0.15) is 0 Å². The largest absolute Gasteiger partial charge is 0.325 e. The predicted molar refractivity (Wildman–Crippen MR) is 46.6 cm³/mol. The molecule has 3 heteroatoms. The van der Waals surface area contributed by atoms with Crippen LogP contribution in [0.4, 0.5) is 0 Å². The number of hydrogen-bond acceptors (Lipinski definition) is 2. The average molecular weight is 168 g/mol. The minimum atomic E-state index is -0.0203. The minimum Gasteiger partial charge on any atom is -0.325 e. The summed E-state index contributed by atoms with van der Waals surface area (Å²) in [6.07, 6.45) is 4.00. The highest BCUT2D eigenvalue weighted by Crippen LogP contribution is 2.28. The number of nitrogens with zero attached hydrogens (tertiary/aromatic N) is 1. The van der Waals surface area contributed by atoms with Gasteiger partial charge in [0.2, 0.25) is 5.91 Å². The lowest BCUT2D eigenvalue weighted by Gasteiger charge is -2.48. The van der Waals surface area contributed by atoms with Gasteiger partial charge in [-0.3, -0.25) is 10.1 Å². The number of amides is 1. The van der Waals surface area contributed by atoms with Crippen molar-refractivity contribution in [2.75, 3.05) is 13.1 Å². The standard InChI is InChI=1S/C9H16N2O/c1-9-5-2-4-8(12)11(9)7-3-6-10-9/h10H,2-7H2,1H3/t9-/m1/s1. The second-order valence-corrected chi connectivity index (χ2v) is 3.95. The number of hydrogen-bond donors (Lipinski definition) is 1. The topological polar surface area (TPSA) is 32.3 Å². The van der Waals surface area contributed by atoms with Crippen LogP contribution in [0.15, 0.2) is 0 Å². The minimum absolute atomic E-state index is 0.0203. The summed E-state index contributed by atoms with van der Waals surface area (Å²) in [6, 6.07) is 0. The average Bonchev–Trinajstić information content (AvgIpc) is 2.04. The summed E-state index contributed by atoms with van der Waals surface area (Å²) in [5.74, 6) is 0.330. The molecule has 2 fully saturated rings. The molecule has 0 bridgehead atoms. The monoisotopic (exact) mass is 168 g/mol. The molecule has 0 aromatic rings. The molecule has 2 saturated heterocycles. The Bertz CT molecular complexity index is 201. The molecule has 68 valence electrons. The first-order valence-corrected chi connectivity index (χ1v) is 4.78. The zero-order valence-corrected chi connectivity index (χ0v) is 7.60. The number of fused-ring (bicyclic) bond motifs is 1. The maximum absolute atomic E-state index is 11.5. The highest BCUT2D eigenvalue weighted by Gasteiger charge is 2.39. The van der Waals surface area contributed by atoms with Crippen LogP contribution in [0.25, 0.3) is 0 Å². The van der Waals surface area contributed by atoms with Crippen molar-refractivity contribution in [1.29, 1.82) is 0 Å². The Labute approximate surface area is 73.1 Å². The van der Waals surface area contributed by atoms with Crippen LogP contribution in [-0.4, -0.2) is 29.6 Å². The van der Waals surface area contributed by atoms with E-state index >= 15 is 0 Å². The van der Waals surface area contributed by atoms with Crippen molar-refractivity contribution >= 4 is 5.91 Å². The molecule has 2 rings (SSSR count). The van der Waals surface area contributed by atoms with Gasteiger partial charge in [-0.25, -0.2) is 0 Å². The Kier molecular flexibility index (Phi) is 1.83. The summed E-state index contributed by atoms with van der Waals surface area (Å²) < 4.78 is 0. The molecule has 1 N–H and O–H groups in total. The smallest absolute Gasteiger partial charge is 0.224 e. The molecule has 0 aromatic heterocycles. The molecule has 3 nitrogen and oxygen atoms in total. The van der Waals surface area contributed by atoms with Crippen LogP contribution in [0.3, 0.4) is 0 Å². The van der Waals surface area contributed by atoms with Crippen LogP contribution in [0, 0.1) is 0 Å². The van der Waals surface area contributed by atoms with E-state index in [1.165, 1.54) is 0 Å². The molecule has 1 atom stereocenters. The van der Waals surface area contributed by atoms with E-state index in [4.69, 9.17) is 0 Å². The molecule has 2 aliphatic heterocycles. The maximum atomic E-state index is 11.5. The zero-order valence-electron chi connectivity index (χ0n) is 7.60. The van der Waals surface area contributed by atoms with E-state index in [9.17, 15) is 4.79 Å². The van der Waals surface area contributed by atoms with Crippen LogP contribution in [0.5, 0.6) is 0 Å².